The smallest absolute Gasteiger partial charge is 0.205 e. The first kappa shape index (κ1) is 10.2. The molecule has 0 fully saturated rings. The number of fused-ring (bicyclic) bond motifs is 1. The lowest BCUT2D eigenvalue weighted by Gasteiger charge is -2.22. The zero-order valence-corrected chi connectivity index (χ0v) is 8.88. The van der Waals surface area contributed by atoms with Gasteiger partial charge >= 0.3 is 0 Å². The summed E-state index contributed by atoms with van der Waals surface area (Å²) >= 11 is 5.87. The molecule has 1 N–H and O–H groups in total. The van der Waals surface area contributed by atoms with Gasteiger partial charge in [-0.05, 0) is 12.5 Å². The molecule has 2 rings (SSSR count). The van der Waals surface area contributed by atoms with E-state index in [-0.39, 0.29) is 10.8 Å². The number of halogens is 1. The molecule has 0 atom stereocenters. The number of phenolic OH excluding ortho intramolecular Hbond substituents is 1. The van der Waals surface area contributed by atoms with Crippen LogP contribution in [0.1, 0.15) is 5.56 Å². The highest BCUT2D eigenvalue weighted by Gasteiger charge is 2.22. The van der Waals surface area contributed by atoms with Crippen LogP contribution in [0, 0.1) is 0 Å². The molecule has 15 heavy (non-hydrogen) atoms. The van der Waals surface area contributed by atoms with Crippen LogP contribution in [0.25, 0.3) is 0 Å². The second-order valence-corrected chi connectivity index (χ2v) is 3.62. The first-order valence-electron chi connectivity index (χ1n) is 4.65. The average molecular weight is 227 g/mol. The van der Waals surface area contributed by atoms with Crippen LogP contribution < -0.4 is 9.47 Å². The molecule has 1 heterocycles. The van der Waals surface area contributed by atoms with Crippen LogP contribution in [0.4, 0.5) is 0 Å². The van der Waals surface area contributed by atoms with Gasteiger partial charge in [-0.2, -0.15) is 0 Å². The highest BCUT2D eigenvalue weighted by atomic mass is 35.5. The fourth-order valence-corrected chi connectivity index (χ4v) is 1.75. The van der Waals surface area contributed by atoms with E-state index in [1.54, 1.807) is 12.1 Å². The molecule has 0 aliphatic carbocycles. The molecule has 0 aromatic heterocycles. The number of aromatic hydroxyl groups is 1. The second-order valence-electron chi connectivity index (χ2n) is 3.21. The highest BCUT2D eigenvalue weighted by Crippen LogP contribution is 2.45. The maximum Gasteiger partial charge on any atom is 0.205 e. The molecule has 0 bridgehead atoms. The van der Waals surface area contributed by atoms with E-state index < -0.39 is 0 Å². The van der Waals surface area contributed by atoms with Gasteiger partial charge in [-0.15, -0.1) is 6.58 Å². The molecule has 1 aliphatic rings. The monoisotopic (exact) mass is 226 g/mol. The van der Waals surface area contributed by atoms with Gasteiger partial charge in [-0.3, -0.25) is 0 Å². The van der Waals surface area contributed by atoms with E-state index in [2.05, 4.69) is 6.58 Å². The number of rotatable bonds is 2. The summed E-state index contributed by atoms with van der Waals surface area (Å²) in [4.78, 5) is 0. The third-order valence-corrected chi connectivity index (χ3v) is 2.47. The van der Waals surface area contributed by atoms with Gasteiger partial charge in [-0.1, -0.05) is 17.7 Å². The molecule has 0 unspecified atom stereocenters. The van der Waals surface area contributed by atoms with Crippen LogP contribution in [-0.4, -0.2) is 18.3 Å². The van der Waals surface area contributed by atoms with Crippen molar-refractivity contribution in [2.24, 2.45) is 0 Å². The molecule has 0 radical (unpaired) electrons. The average Bonchev–Trinajstić information content (AvgIpc) is 2.26. The molecule has 0 spiro atoms. The number of hydrogen-bond donors (Lipinski definition) is 1. The lowest BCUT2D eigenvalue weighted by molar-refractivity contribution is 0.164. The topological polar surface area (TPSA) is 38.7 Å². The van der Waals surface area contributed by atoms with Crippen LogP contribution in [0.3, 0.4) is 0 Å². The quantitative estimate of drug-likeness (QED) is 0.788. The summed E-state index contributed by atoms with van der Waals surface area (Å²) in [6.07, 6.45) is 2.38. The van der Waals surface area contributed by atoms with E-state index in [1.165, 1.54) is 0 Å². The summed E-state index contributed by atoms with van der Waals surface area (Å²) in [6, 6.07) is 1.67. The zero-order chi connectivity index (χ0) is 10.8. The zero-order valence-electron chi connectivity index (χ0n) is 8.12. The fourth-order valence-electron chi connectivity index (χ4n) is 1.54. The van der Waals surface area contributed by atoms with E-state index >= 15 is 0 Å². The lowest BCUT2D eigenvalue weighted by Crippen LogP contribution is -2.16. The van der Waals surface area contributed by atoms with E-state index in [0.29, 0.717) is 31.1 Å². The Bertz CT molecular complexity index is 401. The molecular formula is C11H11ClO3. The number of ether oxygens (including phenoxy) is 2. The molecule has 80 valence electrons. The Morgan fingerprint density at radius 3 is 2.73 bits per heavy atom. The van der Waals surface area contributed by atoms with Gasteiger partial charge in [0.1, 0.15) is 13.2 Å². The Morgan fingerprint density at radius 2 is 2.07 bits per heavy atom. The maximum absolute atomic E-state index is 9.67. The molecule has 1 aromatic carbocycles. The van der Waals surface area contributed by atoms with Gasteiger partial charge in [0.05, 0.1) is 5.02 Å². The SMILES string of the molecule is C=CCc1cc(Cl)c(O)c2c1OCCO2. The predicted molar refractivity (Wildman–Crippen MR) is 58.0 cm³/mol. The normalized spacial score (nSPS) is 13.7. The van der Waals surface area contributed by atoms with Gasteiger partial charge in [-0.25, -0.2) is 0 Å². The van der Waals surface area contributed by atoms with E-state index in [9.17, 15) is 5.11 Å². The number of phenols is 1. The lowest BCUT2D eigenvalue weighted by atomic mass is 10.1. The molecule has 0 amide bonds. The third-order valence-electron chi connectivity index (χ3n) is 2.18. The molecule has 0 saturated carbocycles. The van der Waals surface area contributed by atoms with Gasteiger partial charge in [0, 0.05) is 5.56 Å². The van der Waals surface area contributed by atoms with Crippen molar-refractivity contribution in [3.05, 3.63) is 29.3 Å². The minimum atomic E-state index is -0.0563. The number of benzene rings is 1. The van der Waals surface area contributed by atoms with Crippen molar-refractivity contribution in [2.75, 3.05) is 13.2 Å². The Balaban J connectivity index is 2.56. The van der Waals surface area contributed by atoms with Crippen LogP contribution in [-0.2, 0) is 6.42 Å². The predicted octanol–water partition coefficient (Wildman–Crippen LogP) is 2.55. The Labute approximate surface area is 92.9 Å². The Kier molecular flexibility index (Phi) is 2.73. The third kappa shape index (κ3) is 1.75. The summed E-state index contributed by atoms with van der Waals surface area (Å²) in [5.41, 5.74) is 0.877. The Morgan fingerprint density at radius 1 is 1.40 bits per heavy atom. The molecule has 4 heteroatoms. The molecular weight excluding hydrogens is 216 g/mol. The minimum absolute atomic E-state index is 0.0563. The molecule has 1 aliphatic heterocycles. The fraction of sp³-hybridized carbons (Fsp3) is 0.273. The van der Waals surface area contributed by atoms with Crippen LogP contribution >= 0.6 is 11.6 Å². The first-order valence-corrected chi connectivity index (χ1v) is 5.02. The minimum Gasteiger partial charge on any atom is -0.503 e. The summed E-state index contributed by atoms with van der Waals surface area (Å²) in [5, 5.41) is 9.95. The van der Waals surface area contributed by atoms with Crippen molar-refractivity contribution in [3.8, 4) is 17.2 Å². The first-order chi connectivity index (χ1) is 7.24. The van der Waals surface area contributed by atoms with Gasteiger partial charge in [0.25, 0.3) is 0 Å². The van der Waals surface area contributed by atoms with Crippen molar-refractivity contribution >= 4 is 11.6 Å². The molecule has 3 nitrogen and oxygen atoms in total. The van der Waals surface area contributed by atoms with Crippen molar-refractivity contribution in [1.29, 1.82) is 0 Å². The summed E-state index contributed by atoms with van der Waals surface area (Å²) in [7, 11) is 0. The van der Waals surface area contributed by atoms with Crippen molar-refractivity contribution in [3.63, 3.8) is 0 Å². The van der Waals surface area contributed by atoms with E-state index in [4.69, 9.17) is 21.1 Å². The summed E-state index contributed by atoms with van der Waals surface area (Å²) in [5.74, 6) is 0.854. The largest absolute Gasteiger partial charge is 0.503 e. The molecule has 1 aromatic rings. The standard InChI is InChI=1S/C11H11ClO3/c1-2-3-7-6-8(12)9(13)11-10(7)14-4-5-15-11/h2,6,13H,1,3-5H2. The van der Waals surface area contributed by atoms with Gasteiger partial charge in [0.15, 0.2) is 11.5 Å². The van der Waals surface area contributed by atoms with Crippen LogP contribution in [0.2, 0.25) is 5.02 Å². The van der Waals surface area contributed by atoms with E-state index in [0.717, 1.165) is 5.56 Å². The van der Waals surface area contributed by atoms with Gasteiger partial charge in [0.2, 0.25) is 5.75 Å². The number of allylic oxidation sites excluding steroid dienone is 1. The Hall–Kier alpha value is -1.35. The summed E-state index contributed by atoms with van der Waals surface area (Å²) < 4.78 is 10.8. The van der Waals surface area contributed by atoms with Gasteiger partial charge < -0.3 is 14.6 Å². The van der Waals surface area contributed by atoms with Crippen molar-refractivity contribution in [1.82, 2.24) is 0 Å². The molecule has 0 saturated heterocycles. The van der Waals surface area contributed by atoms with Crippen LogP contribution in [0.5, 0.6) is 17.2 Å². The highest BCUT2D eigenvalue weighted by molar-refractivity contribution is 6.32. The maximum atomic E-state index is 9.67. The van der Waals surface area contributed by atoms with Crippen molar-refractivity contribution in [2.45, 2.75) is 6.42 Å². The number of hydrogen-bond acceptors (Lipinski definition) is 3. The van der Waals surface area contributed by atoms with Crippen LogP contribution in [0.15, 0.2) is 18.7 Å². The van der Waals surface area contributed by atoms with E-state index in [1.807, 2.05) is 0 Å². The second kappa shape index (κ2) is 4.03. The summed E-state index contributed by atoms with van der Waals surface area (Å²) in [6.45, 7) is 4.56. The van der Waals surface area contributed by atoms with Crippen molar-refractivity contribution < 1.29 is 14.6 Å².